The number of rotatable bonds is 3. The molecule has 0 radical (unpaired) electrons. The molecular formula is C10H12F2N2O2. The van der Waals surface area contributed by atoms with Crippen molar-refractivity contribution in [2.75, 3.05) is 7.11 Å². The van der Waals surface area contributed by atoms with Crippen LogP contribution >= 0.6 is 0 Å². The summed E-state index contributed by atoms with van der Waals surface area (Å²) in [5.41, 5.74) is 0.202. The van der Waals surface area contributed by atoms with Crippen LogP contribution in [0, 0.1) is 5.92 Å². The highest BCUT2D eigenvalue weighted by atomic mass is 19.3. The van der Waals surface area contributed by atoms with Crippen molar-refractivity contribution in [1.29, 1.82) is 0 Å². The van der Waals surface area contributed by atoms with Gasteiger partial charge in [0, 0.05) is 25.6 Å². The highest BCUT2D eigenvalue weighted by Crippen LogP contribution is 2.42. The van der Waals surface area contributed by atoms with Crippen molar-refractivity contribution in [1.82, 2.24) is 9.55 Å². The molecule has 0 amide bonds. The van der Waals surface area contributed by atoms with Crippen LogP contribution in [0.5, 0.6) is 0 Å². The lowest BCUT2D eigenvalue weighted by Gasteiger charge is -2.34. The minimum Gasteiger partial charge on any atom is -0.464 e. The molecule has 16 heavy (non-hydrogen) atoms. The molecule has 0 bridgehead atoms. The summed E-state index contributed by atoms with van der Waals surface area (Å²) in [6, 6.07) is 0. The molecule has 1 aromatic rings. The highest BCUT2D eigenvalue weighted by molar-refractivity contribution is 5.86. The third-order valence-electron chi connectivity index (χ3n) is 2.67. The van der Waals surface area contributed by atoms with Crippen molar-refractivity contribution >= 4 is 5.97 Å². The van der Waals surface area contributed by atoms with Gasteiger partial charge in [-0.05, 0) is 5.92 Å². The van der Waals surface area contributed by atoms with Gasteiger partial charge in [-0.1, -0.05) is 0 Å². The number of alkyl halides is 2. The average Bonchev–Trinajstić information content (AvgIpc) is 2.62. The molecule has 1 aromatic heterocycles. The van der Waals surface area contributed by atoms with Crippen LogP contribution in [-0.2, 0) is 11.3 Å². The summed E-state index contributed by atoms with van der Waals surface area (Å²) in [5.74, 6) is -3.05. The zero-order valence-corrected chi connectivity index (χ0v) is 8.82. The van der Waals surface area contributed by atoms with Crippen LogP contribution in [-0.4, -0.2) is 28.6 Å². The number of aromatic nitrogens is 2. The molecule has 88 valence electrons. The molecule has 1 fully saturated rings. The maximum atomic E-state index is 12.6. The van der Waals surface area contributed by atoms with E-state index in [0.717, 1.165) is 0 Å². The van der Waals surface area contributed by atoms with Crippen molar-refractivity contribution in [2.45, 2.75) is 25.3 Å². The Morgan fingerprint density at radius 1 is 1.69 bits per heavy atom. The first kappa shape index (κ1) is 11.0. The quantitative estimate of drug-likeness (QED) is 0.742. The summed E-state index contributed by atoms with van der Waals surface area (Å²) < 4.78 is 31.3. The van der Waals surface area contributed by atoms with Crippen molar-refractivity contribution < 1.29 is 18.3 Å². The normalized spacial score (nSPS) is 19.2. The predicted molar refractivity (Wildman–Crippen MR) is 51.2 cm³/mol. The highest BCUT2D eigenvalue weighted by Gasteiger charge is 2.45. The molecule has 1 saturated carbocycles. The first-order chi connectivity index (χ1) is 7.50. The van der Waals surface area contributed by atoms with E-state index in [9.17, 15) is 13.6 Å². The summed E-state index contributed by atoms with van der Waals surface area (Å²) in [7, 11) is 1.27. The Labute approximate surface area is 91.2 Å². The van der Waals surface area contributed by atoms with Gasteiger partial charge in [0.1, 0.15) is 0 Å². The van der Waals surface area contributed by atoms with Gasteiger partial charge in [0.05, 0.1) is 13.4 Å². The Morgan fingerprint density at radius 3 is 2.94 bits per heavy atom. The van der Waals surface area contributed by atoms with Crippen molar-refractivity contribution in [2.24, 2.45) is 5.92 Å². The SMILES string of the molecule is COC(=O)c1cn(CC2CC(F)(F)C2)cn1. The first-order valence-corrected chi connectivity index (χ1v) is 4.98. The molecule has 0 saturated heterocycles. The van der Waals surface area contributed by atoms with E-state index in [1.807, 2.05) is 0 Å². The minimum atomic E-state index is -2.50. The molecule has 4 nitrogen and oxygen atoms in total. The smallest absolute Gasteiger partial charge is 0.358 e. The number of imidazole rings is 1. The van der Waals surface area contributed by atoms with Gasteiger partial charge in [-0.3, -0.25) is 0 Å². The molecule has 0 N–H and O–H groups in total. The molecule has 0 atom stereocenters. The Hall–Kier alpha value is -1.46. The molecule has 0 unspecified atom stereocenters. The van der Waals surface area contributed by atoms with Gasteiger partial charge in [0.2, 0.25) is 5.92 Å². The second-order valence-corrected chi connectivity index (χ2v) is 4.08. The van der Waals surface area contributed by atoms with Gasteiger partial charge in [-0.25, -0.2) is 18.6 Å². The fraction of sp³-hybridized carbons (Fsp3) is 0.600. The van der Waals surface area contributed by atoms with Gasteiger partial charge in [0.15, 0.2) is 5.69 Å². The second kappa shape index (κ2) is 3.84. The van der Waals surface area contributed by atoms with E-state index in [-0.39, 0.29) is 24.5 Å². The number of ether oxygens (including phenoxy) is 1. The van der Waals surface area contributed by atoms with Crippen LogP contribution in [0.4, 0.5) is 8.78 Å². The Morgan fingerprint density at radius 2 is 2.38 bits per heavy atom. The standard InChI is InChI=1S/C10H12F2N2O2/c1-16-9(15)8-5-14(6-13-8)4-7-2-10(11,12)3-7/h5-7H,2-4H2,1H3. The number of hydrogen-bond acceptors (Lipinski definition) is 3. The summed E-state index contributed by atoms with van der Waals surface area (Å²) in [6.45, 7) is 0.472. The van der Waals surface area contributed by atoms with E-state index >= 15 is 0 Å². The number of carbonyl (C=O) groups excluding carboxylic acids is 1. The average molecular weight is 230 g/mol. The molecule has 6 heteroatoms. The molecule has 0 aromatic carbocycles. The lowest BCUT2D eigenvalue weighted by molar-refractivity contribution is -0.114. The van der Waals surface area contributed by atoms with Gasteiger partial charge in [0.25, 0.3) is 0 Å². The van der Waals surface area contributed by atoms with Crippen LogP contribution in [0.3, 0.4) is 0 Å². The Balaban J connectivity index is 1.91. The fourth-order valence-corrected chi connectivity index (χ4v) is 1.88. The van der Waals surface area contributed by atoms with Crippen molar-refractivity contribution in [3.63, 3.8) is 0 Å². The number of esters is 1. The third kappa shape index (κ3) is 2.20. The van der Waals surface area contributed by atoms with E-state index in [4.69, 9.17) is 0 Å². The maximum absolute atomic E-state index is 12.6. The fourth-order valence-electron chi connectivity index (χ4n) is 1.88. The summed E-state index contributed by atoms with van der Waals surface area (Å²) in [5, 5.41) is 0. The number of carbonyl (C=O) groups is 1. The van der Waals surface area contributed by atoms with Crippen LogP contribution in [0.1, 0.15) is 23.3 Å². The van der Waals surface area contributed by atoms with Gasteiger partial charge in [-0.15, -0.1) is 0 Å². The molecule has 1 aliphatic rings. The van der Waals surface area contributed by atoms with E-state index in [1.54, 1.807) is 4.57 Å². The molecule has 1 aliphatic carbocycles. The monoisotopic (exact) mass is 230 g/mol. The van der Waals surface area contributed by atoms with E-state index in [1.165, 1.54) is 19.6 Å². The number of hydrogen-bond donors (Lipinski definition) is 0. The van der Waals surface area contributed by atoms with Gasteiger partial charge in [-0.2, -0.15) is 0 Å². The van der Waals surface area contributed by atoms with Crippen LogP contribution in [0.25, 0.3) is 0 Å². The first-order valence-electron chi connectivity index (χ1n) is 4.98. The molecule has 2 rings (SSSR count). The predicted octanol–water partition coefficient (Wildman–Crippen LogP) is 1.71. The summed E-state index contributed by atoms with van der Waals surface area (Å²) >= 11 is 0. The van der Waals surface area contributed by atoms with Crippen LogP contribution in [0.2, 0.25) is 0 Å². The number of methoxy groups -OCH3 is 1. The summed E-state index contributed by atoms with van der Waals surface area (Å²) in [4.78, 5) is 14.9. The molecule has 1 heterocycles. The minimum absolute atomic E-state index is 0.0327. The van der Waals surface area contributed by atoms with Crippen LogP contribution in [0.15, 0.2) is 12.5 Å². The molecule has 0 aliphatic heterocycles. The van der Waals surface area contributed by atoms with E-state index in [2.05, 4.69) is 9.72 Å². The maximum Gasteiger partial charge on any atom is 0.358 e. The van der Waals surface area contributed by atoms with Gasteiger partial charge < -0.3 is 9.30 Å². The van der Waals surface area contributed by atoms with E-state index < -0.39 is 11.9 Å². The second-order valence-electron chi connectivity index (χ2n) is 4.08. The summed E-state index contributed by atoms with van der Waals surface area (Å²) in [6.07, 6.45) is 2.81. The zero-order valence-electron chi connectivity index (χ0n) is 8.82. The topological polar surface area (TPSA) is 44.1 Å². The Kier molecular flexibility index (Phi) is 2.65. The molecular weight excluding hydrogens is 218 g/mol. The Bertz CT molecular complexity index is 395. The van der Waals surface area contributed by atoms with Crippen molar-refractivity contribution in [3.05, 3.63) is 18.2 Å². The lowest BCUT2D eigenvalue weighted by Crippen LogP contribution is -2.37. The zero-order chi connectivity index (χ0) is 11.8. The van der Waals surface area contributed by atoms with Crippen molar-refractivity contribution in [3.8, 4) is 0 Å². The largest absolute Gasteiger partial charge is 0.464 e. The van der Waals surface area contributed by atoms with Gasteiger partial charge >= 0.3 is 5.97 Å². The third-order valence-corrected chi connectivity index (χ3v) is 2.67. The van der Waals surface area contributed by atoms with Crippen LogP contribution < -0.4 is 0 Å². The number of halogens is 2. The number of nitrogens with zero attached hydrogens (tertiary/aromatic N) is 2. The molecule has 0 spiro atoms. The lowest BCUT2D eigenvalue weighted by atomic mass is 9.81. The van der Waals surface area contributed by atoms with E-state index in [0.29, 0.717) is 6.54 Å².